The molecule has 0 aliphatic carbocycles. The zero-order chi connectivity index (χ0) is 13.2. The lowest BCUT2D eigenvalue weighted by Gasteiger charge is -2.07. The van der Waals surface area contributed by atoms with E-state index in [-0.39, 0.29) is 0 Å². The number of rotatable bonds is 4. The highest BCUT2D eigenvalue weighted by molar-refractivity contribution is 5.74. The summed E-state index contributed by atoms with van der Waals surface area (Å²) in [5, 5.41) is 8.92. The fraction of sp³-hybridized carbons (Fsp3) is 0.214. The molecular weight excluding hydrogens is 248 g/mol. The molecule has 0 spiro atoms. The molecule has 1 atom stereocenters. The number of aliphatic carboxylic acids is 1. The summed E-state index contributed by atoms with van der Waals surface area (Å²) in [6.45, 7) is 0.400. The molecule has 5 nitrogen and oxygen atoms in total. The van der Waals surface area contributed by atoms with Crippen molar-refractivity contribution in [2.75, 3.05) is 0 Å². The Bertz CT molecular complexity index is 588. The highest BCUT2D eigenvalue weighted by atomic mass is 16.5. The van der Waals surface area contributed by atoms with Crippen molar-refractivity contribution in [1.29, 1.82) is 0 Å². The van der Waals surface area contributed by atoms with Gasteiger partial charge in [-0.2, -0.15) is 0 Å². The normalized spacial score (nSPS) is 16.7. The van der Waals surface area contributed by atoms with Crippen molar-refractivity contribution in [1.82, 2.24) is 0 Å². The van der Waals surface area contributed by atoms with Crippen LogP contribution in [0.4, 0.5) is 0 Å². The van der Waals surface area contributed by atoms with Crippen LogP contribution in [0.3, 0.4) is 0 Å². The van der Waals surface area contributed by atoms with Gasteiger partial charge in [0.05, 0.1) is 12.5 Å². The fourth-order valence-corrected chi connectivity index (χ4v) is 1.98. The van der Waals surface area contributed by atoms with Crippen molar-refractivity contribution in [2.45, 2.75) is 19.1 Å². The van der Waals surface area contributed by atoms with Gasteiger partial charge in [-0.3, -0.25) is 0 Å². The standard InChI is InChI=1S/C14H12O5/c15-14(16)13-5-10-1-2-11(6-12(10)19-13)18-8-9-3-4-17-7-9/h1-4,6-7,13H,5,8H2,(H,15,16). The highest BCUT2D eigenvalue weighted by Gasteiger charge is 2.28. The molecule has 0 saturated heterocycles. The first-order valence-corrected chi connectivity index (χ1v) is 5.88. The van der Waals surface area contributed by atoms with Crippen molar-refractivity contribution in [2.24, 2.45) is 0 Å². The zero-order valence-electron chi connectivity index (χ0n) is 10.0. The summed E-state index contributed by atoms with van der Waals surface area (Å²) >= 11 is 0. The Morgan fingerprint density at radius 3 is 3.05 bits per heavy atom. The Labute approximate surface area is 109 Å². The van der Waals surface area contributed by atoms with Gasteiger partial charge in [0.2, 0.25) is 0 Å². The quantitative estimate of drug-likeness (QED) is 0.913. The van der Waals surface area contributed by atoms with Crippen molar-refractivity contribution < 1.29 is 23.8 Å². The molecule has 0 amide bonds. The summed E-state index contributed by atoms with van der Waals surface area (Å²) < 4.78 is 15.9. The third-order valence-corrected chi connectivity index (χ3v) is 2.97. The molecule has 3 rings (SSSR count). The fourth-order valence-electron chi connectivity index (χ4n) is 1.98. The van der Waals surface area contributed by atoms with Crippen LogP contribution >= 0.6 is 0 Å². The van der Waals surface area contributed by atoms with E-state index in [0.29, 0.717) is 24.5 Å². The lowest BCUT2D eigenvalue weighted by atomic mass is 10.1. The Kier molecular flexibility index (Phi) is 2.87. The largest absolute Gasteiger partial charge is 0.489 e. The van der Waals surface area contributed by atoms with E-state index in [4.69, 9.17) is 19.0 Å². The van der Waals surface area contributed by atoms with E-state index in [2.05, 4.69) is 0 Å². The number of benzene rings is 1. The number of carbonyl (C=O) groups is 1. The maximum absolute atomic E-state index is 10.9. The van der Waals surface area contributed by atoms with Gasteiger partial charge in [-0.15, -0.1) is 0 Å². The molecule has 19 heavy (non-hydrogen) atoms. The van der Waals surface area contributed by atoms with E-state index in [9.17, 15) is 4.79 Å². The van der Waals surface area contributed by atoms with Gasteiger partial charge in [-0.05, 0) is 17.7 Å². The highest BCUT2D eigenvalue weighted by Crippen LogP contribution is 2.32. The Morgan fingerprint density at radius 2 is 2.32 bits per heavy atom. The van der Waals surface area contributed by atoms with Crippen LogP contribution in [0.2, 0.25) is 0 Å². The Hall–Kier alpha value is -2.43. The first-order valence-electron chi connectivity index (χ1n) is 5.88. The van der Waals surface area contributed by atoms with Gasteiger partial charge in [0, 0.05) is 18.1 Å². The average Bonchev–Trinajstić information content (AvgIpc) is 3.04. The molecule has 1 N–H and O–H groups in total. The van der Waals surface area contributed by atoms with Crippen LogP contribution in [-0.4, -0.2) is 17.2 Å². The number of hydrogen-bond acceptors (Lipinski definition) is 4. The van der Waals surface area contributed by atoms with Gasteiger partial charge in [0.1, 0.15) is 18.1 Å². The molecule has 2 aromatic rings. The van der Waals surface area contributed by atoms with Crippen LogP contribution in [0.5, 0.6) is 11.5 Å². The van der Waals surface area contributed by atoms with Crippen LogP contribution in [0.1, 0.15) is 11.1 Å². The van der Waals surface area contributed by atoms with Crippen molar-refractivity contribution in [3.05, 3.63) is 47.9 Å². The number of fused-ring (bicyclic) bond motifs is 1. The van der Waals surface area contributed by atoms with E-state index in [0.717, 1.165) is 11.1 Å². The van der Waals surface area contributed by atoms with E-state index < -0.39 is 12.1 Å². The molecule has 0 bridgehead atoms. The van der Waals surface area contributed by atoms with Gasteiger partial charge in [-0.25, -0.2) is 4.79 Å². The van der Waals surface area contributed by atoms with Crippen molar-refractivity contribution in [3.63, 3.8) is 0 Å². The van der Waals surface area contributed by atoms with Crippen LogP contribution in [-0.2, 0) is 17.8 Å². The second-order valence-electron chi connectivity index (χ2n) is 4.34. The third-order valence-electron chi connectivity index (χ3n) is 2.97. The molecule has 0 radical (unpaired) electrons. The molecule has 1 aliphatic rings. The molecule has 98 valence electrons. The smallest absolute Gasteiger partial charge is 0.345 e. The molecule has 1 aromatic carbocycles. The van der Waals surface area contributed by atoms with Gasteiger partial charge in [-0.1, -0.05) is 6.07 Å². The molecule has 5 heteroatoms. The Balaban J connectivity index is 1.69. The molecule has 1 aliphatic heterocycles. The van der Waals surface area contributed by atoms with Crippen LogP contribution in [0.25, 0.3) is 0 Å². The van der Waals surface area contributed by atoms with Crippen LogP contribution in [0, 0.1) is 0 Å². The summed E-state index contributed by atoms with van der Waals surface area (Å²) in [5.74, 6) is 0.278. The lowest BCUT2D eigenvalue weighted by Crippen LogP contribution is -2.24. The molecule has 0 fully saturated rings. The Morgan fingerprint density at radius 1 is 1.42 bits per heavy atom. The molecular formula is C14H12O5. The van der Waals surface area contributed by atoms with Gasteiger partial charge < -0.3 is 19.0 Å². The number of carboxylic acids is 1. The van der Waals surface area contributed by atoms with E-state index in [1.807, 2.05) is 18.2 Å². The third kappa shape index (κ3) is 2.40. The number of hydrogen-bond donors (Lipinski definition) is 1. The second kappa shape index (κ2) is 4.68. The first-order chi connectivity index (χ1) is 9.22. The number of ether oxygens (including phenoxy) is 2. The number of carboxylic acid groups (broad SMARTS) is 1. The topological polar surface area (TPSA) is 68.9 Å². The zero-order valence-corrected chi connectivity index (χ0v) is 10.0. The summed E-state index contributed by atoms with van der Waals surface area (Å²) in [6.07, 6.45) is 2.80. The summed E-state index contributed by atoms with van der Waals surface area (Å²) in [7, 11) is 0. The minimum atomic E-state index is -0.947. The minimum Gasteiger partial charge on any atom is -0.489 e. The summed E-state index contributed by atoms with van der Waals surface area (Å²) in [4.78, 5) is 10.9. The van der Waals surface area contributed by atoms with Crippen LogP contribution < -0.4 is 9.47 Å². The molecule has 2 heterocycles. The van der Waals surface area contributed by atoms with Gasteiger partial charge in [0.15, 0.2) is 6.10 Å². The predicted molar refractivity (Wildman–Crippen MR) is 65.2 cm³/mol. The van der Waals surface area contributed by atoms with Gasteiger partial charge in [0.25, 0.3) is 0 Å². The minimum absolute atomic E-state index is 0.396. The number of furan rings is 1. The maximum atomic E-state index is 10.9. The summed E-state index contributed by atoms with van der Waals surface area (Å²) in [5.41, 5.74) is 1.83. The molecule has 0 saturated carbocycles. The SMILES string of the molecule is O=C(O)C1Cc2ccc(OCc3ccoc3)cc2O1. The maximum Gasteiger partial charge on any atom is 0.345 e. The van der Waals surface area contributed by atoms with E-state index in [1.165, 1.54) is 0 Å². The van der Waals surface area contributed by atoms with Crippen molar-refractivity contribution in [3.8, 4) is 11.5 Å². The van der Waals surface area contributed by atoms with Crippen LogP contribution in [0.15, 0.2) is 41.2 Å². The monoisotopic (exact) mass is 260 g/mol. The lowest BCUT2D eigenvalue weighted by molar-refractivity contribution is -0.144. The molecule has 1 unspecified atom stereocenters. The van der Waals surface area contributed by atoms with Crippen molar-refractivity contribution >= 4 is 5.97 Å². The predicted octanol–water partition coefficient (Wildman–Crippen LogP) is 2.25. The second-order valence-corrected chi connectivity index (χ2v) is 4.34. The average molecular weight is 260 g/mol. The summed E-state index contributed by atoms with van der Waals surface area (Å²) in [6, 6.07) is 7.19. The van der Waals surface area contributed by atoms with E-state index in [1.54, 1.807) is 18.6 Å². The first kappa shape index (κ1) is 11.6. The van der Waals surface area contributed by atoms with E-state index >= 15 is 0 Å². The van der Waals surface area contributed by atoms with Gasteiger partial charge >= 0.3 is 5.97 Å². The molecule has 1 aromatic heterocycles.